The number of nitrogens with zero attached hydrogens (tertiary/aromatic N) is 2. The van der Waals surface area contributed by atoms with E-state index in [2.05, 4.69) is 4.98 Å². The predicted octanol–water partition coefficient (Wildman–Crippen LogP) is 2.64. The first-order valence-corrected chi connectivity index (χ1v) is 4.49. The standard InChI is InChI=1S/C6H3ClF3N3S/c7-4-3(1-11)14-5(13-4)12-2-6(8,9)10/h2H2,(H,12,13). The van der Waals surface area contributed by atoms with Crippen molar-refractivity contribution in [2.75, 3.05) is 11.9 Å². The molecule has 1 aromatic heterocycles. The molecule has 0 atom stereocenters. The highest BCUT2D eigenvalue weighted by Gasteiger charge is 2.27. The maximum Gasteiger partial charge on any atom is 0.405 e. The van der Waals surface area contributed by atoms with Gasteiger partial charge in [0.05, 0.1) is 0 Å². The molecule has 0 saturated heterocycles. The predicted molar refractivity (Wildman–Crippen MR) is 46.4 cm³/mol. The molecule has 0 amide bonds. The number of hydrogen-bond acceptors (Lipinski definition) is 4. The normalized spacial score (nSPS) is 11.1. The van der Waals surface area contributed by atoms with Gasteiger partial charge in [-0.1, -0.05) is 22.9 Å². The maximum absolute atomic E-state index is 11.7. The maximum atomic E-state index is 11.7. The van der Waals surface area contributed by atoms with Crippen LogP contribution in [0.3, 0.4) is 0 Å². The second-order valence-electron chi connectivity index (χ2n) is 2.22. The average molecular weight is 242 g/mol. The SMILES string of the molecule is N#Cc1sc(NCC(F)(F)F)nc1Cl. The summed E-state index contributed by atoms with van der Waals surface area (Å²) in [7, 11) is 0. The van der Waals surface area contributed by atoms with Crippen molar-refractivity contribution in [3.05, 3.63) is 10.0 Å². The Morgan fingerprint density at radius 2 is 2.21 bits per heavy atom. The van der Waals surface area contributed by atoms with Crippen LogP contribution in [-0.4, -0.2) is 17.7 Å². The number of anilines is 1. The first kappa shape index (κ1) is 11.1. The van der Waals surface area contributed by atoms with Crippen molar-refractivity contribution in [2.45, 2.75) is 6.18 Å². The summed E-state index contributed by atoms with van der Waals surface area (Å²) in [6.45, 7) is -1.19. The minimum absolute atomic E-state index is 0.0103. The van der Waals surface area contributed by atoms with Gasteiger partial charge < -0.3 is 5.32 Å². The van der Waals surface area contributed by atoms with Crippen molar-refractivity contribution in [3.63, 3.8) is 0 Å². The Labute approximate surface area is 86.1 Å². The van der Waals surface area contributed by atoms with Crippen LogP contribution in [0.4, 0.5) is 18.3 Å². The highest BCUT2D eigenvalue weighted by Crippen LogP contribution is 2.26. The number of aromatic nitrogens is 1. The van der Waals surface area contributed by atoms with Crippen molar-refractivity contribution in [1.29, 1.82) is 5.26 Å². The molecule has 1 heterocycles. The average Bonchev–Trinajstić information content (AvgIpc) is 2.42. The molecule has 0 fully saturated rings. The molecular weight excluding hydrogens is 239 g/mol. The largest absolute Gasteiger partial charge is 0.405 e. The number of alkyl halides is 3. The quantitative estimate of drug-likeness (QED) is 0.866. The van der Waals surface area contributed by atoms with Crippen molar-refractivity contribution in [2.24, 2.45) is 0 Å². The third kappa shape index (κ3) is 3.05. The zero-order chi connectivity index (χ0) is 10.8. The molecule has 1 N–H and O–H groups in total. The highest BCUT2D eigenvalue weighted by atomic mass is 35.5. The fourth-order valence-electron chi connectivity index (χ4n) is 0.622. The van der Waals surface area contributed by atoms with E-state index >= 15 is 0 Å². The fraction of sp³-hybridized carbons (Fsp3) is 0.333. The molecule has 0 saturated carbocycles. The summed E-state index contributed by atoms with van der Waals surface area (Å²) in [5.41, 5.74) is 0. The first-order chi connectivity index (χ1) is 6.42. The van der Waals surface area contributed by atoms with Crippen molar-refractivity contribution in [1.82, 2.24) is 4.98 Å². The van der Waals surface area contributed by atoms with Crippen LogP contribution in [0.25, 0.3) is 0 Å². The van der Waals surface area contributed by atoms with E-state index in [1.54, 1.807) is 6.07 Å². The van der Waals surface area contributed by atoms with Gasteiger partial charge in [-0.3, -0.25) is 0 Å². The summed E-state index contributed by atoms with van der Waals surface area (Å²) >= 11 is 6.24. The van der Waals surface area contributed by atoms with Gasteiger partial charge in [0.2, 0.25) is 0 Å². The Morgan fingerprint density at radius 1 is 1.57 bits per heavy atom. The molecular formula is C6H3ClF3N3S. The molecule has 0 bridgehead atoms. The summed E-state index contributed by atoms with van der Waals surface area (Å²) in [4.78, 5) is 3.63. The first-order valence-electron chi connectivity index (χ1n) is 3.29. The lowest BCUT2D eigenvalue weighted by atomic mass is 10.6. The minimum Gasteiger partial charge on any atom is -0.352 e. The van der Waals surface area contributed by atoms with Crippen LogP contribution in [0.15, 0.2) is 0 Å². The molecule has 14 heavy (non-hydrogen) atoms. The summed E-state index contributed by atoms with van der Waals surface area (Å²) in [5.74, 6) is 0. The van der Waals surface area contributed by atoms with Gasteiger partial charge in [-0.2, -0.15) is 18.4 Å². The number of nitriles is 1. The van der Waals surface area contributed by atoms with Gasteiger partial charge in [0.1, 0.15) is 17.5 Å². The van der Waals surface area contributed by atoms with Crippen LogP contribution in [0, 0.1) is 11.3 Å². The van der Waals surface area contributed by atoms with Gasteiger partial charge in [-0.05, 0) is 0 Å². The third-order valence-electron chi connectivity index (χ3n) is 1.13. The van der Waals surface area contributed by atoms with Crippen molar-refractivity contribution < 1.29 is 13.2 Å². The van der Waals surface area contributed by atoms with Gasteiger partial charge in [0.25, 0.3) is 0 Å². The molecule has 1 aromatic rings. The fourth-order valence-corrected chi connectivity index (χ4v) is 1.56. The van der Waals surface area contributed by atoms with Crippen LogP contribution < -0.4 is 5.32 Å². The van der Waals surface area contributed by atoms with Crippen molar-refractivity contribution >= 4 is 28.1 Å². The lowest BCUT2D eigenvalue weighted by Crippen LogP contribution is -2.21. The Hall–Kier alpha value is -1.00. The molecule has 0 aliphatic rings. The van der Waals surface area contributed by atoms with E-state index in [1.807, 2.05) is 5.32 Å². The molecule has 0 aliphatic heterocycles. The molecule has 1 rings (SSSR count). The summed E-state index contributed by atoms with van der Waals surface area (Å²) in [5, 5.41) is 10.4. The summed E-state index contributed by atoms with van der Waals surface area (Å²) < 4.78 is 35.2. The van der Waals surface area contributed by atoms with E-state index in [9.17, 15) is 13.2 Å². The molecule has 0 radical (unpaired) electrons. The van der Waals surface area contributed by atoms with Crippen LogP contribution >= 0.6 is 22.9 Å². The van der Waals surface area contributed by atoms with Gasteiger partial charge in [-0.25, -0.2) is 4.98 Å². The summed E-state index contributed by atoms with van der Waals surface area (Å²) in [6, 6.07) is 1.72. The zero-order valence-electron chi connectivity index (χ0n) is 6.52. The lowest BCUT2D eigenvalue weighted by Gasteiger charge is -2.05. The molecule has 3 nitrogen and oxygen atoms in total. The number of nitrogens with one attached hydrogen (secondary N) is 1. The van der Waals surface area contributed by atoms with Crippen LogP contribution in [0.1, 0.15) is 4.88 Å². The molecule has 0 aliphatic carbocycles. The lowest BCUT2D eigenvalue weighted by molar-refractivity contribution is -0.115. The third-order valence-corrected chi connectivity index (χ3v) is 2.43. The van der Waals surface area contributed by atoms with E-state index in [0.717, 1.165) is 11.3 Å². The van der Waals surface area contributed by atoms with Gasteiger partial charge >= 0.3 is 6.18 Å². The number of halogens is 4. The van der Waals surface area contributed by atoms with Gasteiger partial charge in [-0.15, -0.1) is 0 Å². The second-order valence-corrected chi connectivity index (χ2v) is 3.58. The van der Waals surface area contributed by atoms with Crippen LogP contribution in [-0.2, 0) is 0 Å². The van der Waals surface area contributed by atoms with E-state index < -0.39 is 12.7 Å². The Balaban J connectivity index is 2.66. The molecule has 0 aromatic carbocycles. The van der Waals surface area contributed by atoms with E-state index in [-0.39, 0.29) is 15.2 Å². The monoisotopic (exact) mass is 241 g/mol. The topological polar surface area (TPSA) is 48.7 Å². The molecule has 0 spiro atoms. The van der Waals surface area contributed by atoms with E-state index in [0.29, 0.717) is 0 Å². The van der Waals surface area contributed by atoms with Crippen LogP contribution in [0.5, 0.6) is 0 Å². The summed E-state index contributed by atoms with van der Waals surface area (Å²) in [6.07, 6.45) is -4.31. The van der Waals surface area contributed by atoms with Gasteiger partial charge in [0.15, 0.2) is 10.3 Å². The molecule has 8 heteroatoms. The number of rotatable bonds is 2. The second kappa shape index (κ2) is 4.02. The van der Waals surface area contributed by atoms with Gasteiger partial charge in [0, 0.05) is 0 Å². The van der Waals surface area contributed by atoms with E-state index in [1.165, 1.54) is 0 Å². The van der Waals surface area contributed by atoms with Crippen molar-refractivity contribution in [3.8, 4) is 6.07 Å². The Kier molecular flexibility index (Phi) is 3.18. The molecule has 0 unspecified atom stereocenters. The number of thiazole rings is 1. The zero-order valence-corrected chi connectivity index (χ0v) is 8.09. The molecule has 76 valence electrons. The van der Waals surface area contributed by atoms with Crippen LogP contribution in [0.2, 0.25) is 5.15 Å². The number of hydrogen-bond donors (Lipinski definition) is 1. The smallest absolute Gasteiger partial charge is 0.352 e. The van der Waals surface area contributed by atoms with E-state index in [4.69, 9.17) is 16.9 Å². The Bertz CT molecular complexity index is 367. The highest BCUT2D eigenvalue weighted by molar-refractivity contribution is 7.16. The Morgan fingerprint density at radius 3 is 2.64 bits per heavy atom. The minimum atomic E-state index is -4.31.